The summed E-state index contributed by atoms with van der Waals surface area (Å²) in [6.45, 7) is 5.21. The number of anilines is 1. The number of benzene rings is 1. The van der Waals surface area contributed by atoms with Gasteiger partial charge < -0.3 is 5.73 Å². The number of rotatable bonds is 4. The van der Waals surface area contributed by atoms with Crippen LogP contribution in [0.5, 0.6) is 0 Å². The summed E-state index contributed by atoms with van der Waals surface area (Å²) in [5, 5.41) is -0.420. The van der Waals surface area contributed by atoms with Gasteiger partial charge in [0.15, 0.2) is 0 Å². The second-order valence-electron chi connectivity index (χ2n) is 4.46. The monoisotopic (exact) mass is 256 g/mol. The van der Waals surface area contributed by atoms with Crippen LogP contribution < -0.4 is 5.73 Å². The fraction of sp³-hybridized carbons (Fsp3) is 0.500. The number of nitrogens with two attached hydrogens (primary N) is 1. The zero-order valence-corrected chi connectivity index (χ0v) is 11.5. The predicted molar refractivity (Wildman–Crippen MR) is 71.1 cm³/mol. The molecule has 0 aliphatic rings. The van der Waals surface area contributed by atoms with Crippen molar-refractivity contribution in [1.29, 1.82) is 0 Å². The maximum absolute atomic E-state index is 12.0. The van der Waals surface area contributed by atoms with Crippen LogP contribution in [-0.2, 0) is 10.0 Å². The molecule has 0 saturated carbocycles. The third-order valence-electron chi connectivity index (χ3n) is 2.94. The molecule has 0 amide bonds. The molecule has 0 radical (unpaired) electrons. The molecule has 1 aromatic carbocycles. The summed E-state index contributed by atoms with van der Waals surface area (Å²) in [6, 6.07) is 7.08. The molecule has 2 N–H and O–H groups in total. The lowest BCUT2D eigenvalue weighted by molar-refractivity contribution is 0.394. The van der Waals surface area contributed by atoms with Gasteiger partial charge in [-0.05, 0) is 38.5 Å². The first-order valence-corrected chi connectivity index (χ1v) is 7.09. The van der Waals surface area contributed by atoms with Gasteiger partial charge in [-0.1, -0.05) is 12.1 Å². The Morgan fingerprint density at radius 2 is 1.82 bits per heavy atom. The third kappa shape index (κ3) is 2.98. The molecule has 96 valence electrons. The smallest absolute Gasteiger partial charge is 0.216 e. The maximum Gasteiger partial charge on any atom is 0.216 e. The molecule has 0 spiro atoms. The Morgan fingerprint density at radius 1 is 1.24 bits per heavy atom. The van der Waals surface area contributed by atoms with Gasteiger partial charge in [-0.15, -0.1) is 0 Å². The first kappa shape index (κ1) is 14.0. The van der Waals surface area contributed by atoms with Gasteiger partial charge in [0.05, 0.1) is 5.25 Å². The molecule has 0 fully saturated rings. The van der Waals surface area contributed by atoms with Crippen molar-refractivity contribution in [3.8, 4) is 0 Å². The Labute approximate surface area is 103 Å². The molecule has 0 heterocycles. The lowest BCUT2D eigenvalue weighted by atomic mass is 10.1. The molecule has 0 aliphatic carbocycles. The van der Waals surface area contributed by atoms with Crippen LogP contribution in [0.15, 0.2) is 24.3 Å². The number of nitrogens with zero attached hydrogens (tertiary/aromatic N) is 1. The zero-order chi connectivity index (χ0) is 13.2. The van der Waals surface area contributed by atoms with Crippen molar-refractivity contribution in [3.63, 3.8) is 0 Å². The molecule has 5 heteroatoms. The van der Waals surface area contributed by atoms with Crippen molar-refractivity contribution in [3.05, 3.63) is 29.8 Å². The van der Waals surface area contributed by atoms with Gasteiger partial charge in [0.1, 0.15) is 0 Å². The van der Waals surface area contributed by atoms with E-state index in [1.54, 1.807) is 33.0 Å². The Bertz CT molecular complexity index is 483. The highest BCUT2D eigenvalue weighted by molar-refractivity contribution is 7.89. The third-order valence-corrected chi connectivity index (χ3v) is 5.25. The predicted octanol–water partition coefficient (Wildman–Crippen LogP) is 2.00. The van der Waals surface area contributed by atoms with Crippen LogP contribution in [0, 0.1) is 0 Å². The first-order chi connectivity index (χ1) is 7.76. The Balaban J connectivity index is 3.02. The molecular weight excluding hydrogens is 236 g/mol. The van der Waals surface area contributed by atoms with E-state index >= 15 is 0 Å². The summed E-state index contributed by atoms with van der Waals surface area (Å²) in [5.41, 5.74) is 7.24. The molecule has 1 rings (SSSR count). The van der Waals surface area contributed by atoms with Gasteiger partial charge in [0, 0.05) is 18.8 Å². The van der Waals surface area contributed by atoms with E-state index in [1.165, 1.54) is 4.31 Å². The van der Waals surface area contributed by atoms with E-state index in [1.807, 2.05) is 19.1 Å². The minimum absolute atomic E-state index is 0.217. The highest BCUT2D eigenvalue weighted by atomic mass is 32.2. The van der Waals surface area contributed by atoms with Crippen molar-refractivity contribution in [2.24, 2.45) is 0 Å². The molecular formula is C12H20N2O2S. The molecule has 1 atom stereocenters. The van der Waals surface area contributed by atoms with Crippen molar-refractivity contribution in [2.45, 2.75) is 32.1 Å². The normalized spacial score (nSPS) is 14.2. The van der Waals surface area contributed by atoms with Crippen LogP contribution in [0.1, 0.15) is 32.4 Å². The van der Waals surface area contributed by atoms with E-state index in [9.17, 15) is 8.42 Å². The van der Waals surface area contributed by atoms with Crippen molar-refractivity contribution >= 4 is 15.7 Å². The van der Waals surface area contributed by atoms with Gasteiger partial charge in [0.2, 0.25) is 10.0 Å². The summed E-state index contributed by atoms with van der Waals surface area (Å²) in [4.78, 5) is 0. The Hall–Kier alpha value is -1.07. The highest BCUT2D eigenvalue weighted by Gasteiger charge is 2.27. The molecule has 0 saturated heterocycles. The lowest BCUT2D eigenvalue weighted by Crippen LogP contribution is -2.35. The number of sulfonamides is 1. The zero-order valence-electron chi connectivity index (χ0n) is 10.7. The fourth-order valence-corrected chi connectivity index (χ4v) is 2.81. The van der Waals surface area contributed by atoms with Gasteiger partial charge in [-0.25, -0.2) is 8.42 Å². The van der Waals surface area contributed by atoms with E-state index < -0.39 is 15.3 Å². The molecule has 4 nitrogen and oxygen atoms in total. The summed E-state index contributed by atoms with van der Waals surface area (Å²) in [6.07, 6.45) is 0. The first-order valence-electron chi connectivity index (χ1n) is 5.59. The van der Waals surface area contributed by atoms with E-state index in [0.717, 1.165) is 5.56 Å². The topological polar surface area (TPSA) is 63.4 Å². The Morgan fingerprint density at radius 3 is 2.29 bits per heavy atom. The second-order valence-corrected chi connectivity index (χ2v) is 7.00. The molecule has 1 aromatic rings. The van der Waals surface area contributed by atoms with Gasteiger partial charge in [-0.2, -0.15) is 4.31 Å². The fourth-order valence-electron chi connectivity index (χ4n) is 1.58. The second kappa shape index (κ2) is 5.06. The summed E-state index contributed by atoms with van der Waals surface area (Å²) < 4.78 is 25.4. The van der Waals surface area contributed by atoms with Crippen molar-refractivity contribution < 1.29 is 8.42 Å². The van der Waals surface area contributed by atoms with E-state index in [-0.39, 0.29) is 6.04 Å². The number of hydrogen-bond donors (Lipinski definition) is 1. The van der Waals surface area contributed by atoms with Crippen LogP contribution in [0.25, 0.3) is 0 Å². The molecule has 1 unspecified atom stereocenters. The molecule has 0 aliphatic heterocycles. The number of nitrogen functional groups attached to an aromatic ring is 1. The van der Waals surface area contributed by atoms with E-state index in [2.05, 4.69) is 0 Å². The van der Waals surface area contributed by atoms with Crippen LogP contribution in [-0.4, -0.2) is 25.0 Å². The largest absolute Gasteiger partial charge is 0.399 e. The summed E-state index contributed by atoms with van der Waals surface area (Å²) >= 11 is 0. The standard InChI is InChI=1S/C12H20N2O2S/c1-9(2)17(15,16)14(4)10(3)11-6-5-7-12(13)8-11/h5-10H,13H2,1-4H3. The van der Waals surface area contributed by atoms with Crippen LogP contribution in [0.4, 0.5) is 5.69 Å². The minimum atomic E-state index is -3.24. The Kier molecular flexibility index (Phi) is 4.16. The average Bonchev–Trinajstić information content (AvgIpc) is 2.26. The summed E-state index contributed by atoms with van der Waals surface area (Å²) in [5.74, 6) is 0. The SMILES string of the molecule is CC(c1cccc(N)c1)N(C)S(=O)(=O)C(C)C. The van der Waals surface area contributed by atoms with E-state index in [0.29, 0.717) is 5.69 Å². The highest BCUT2D eigenvalue weighted by Crippen LogP contribution is 2.24. The van der Waals surface area contributed by atoms with Crippen molar-refractivity contribution in [2.75, 3.05) is 12.8 Å². The molecule has 0 bridgehead atoms. The summed E-state index contributed by atoms with van der Waals surface area (Å²) in [7, 11) is -1.64. The van der Waals surface area contributed by atoms with Gasteiger partial charge in [0.25, 0.3) is 0 Å². The van der Waals surface area contributed by atoms with Gasteiger partial charge >= 0.3 is 0 Å². The molecule has 17 heavy (non-hydrogen) atoms. The average molecular weight is 256 g/mol. The van der Waals surface area contributed by atoms with Crippen LogP contribution >= 0.6 is 0 Å². The quantitative estimate of drug-likeness (QED) is 0.838. The maximum atomic E-state index is 12.0. The van der Waals surface area contributed by atoms with Crippen molar-refractivity contribution in [1.82, 2.24) is 4.31 Å². The van der Waals surface area contributed by atoms with Crippen LogP contribution in [0.3, 0.4) is 0 Å². The molecule has 0 aromatic heterocycles. The minimum Gasteiger partial charge on any atom is -0.399 e. The van der Waals surface area contributed by atoms with Crippen LogP contribution in [0.2, 0.25) is 0 Å². The van der Waals surface area contributed by atoms with E-state index in [4.69, 9.17) is 5.73 Å². The van der Waals surface area contributed by atoms with Gasteiger partial charge in [-0.3, -0.25) is 0 Å². The number of hydrogen-bond acceptors (Lipinski definition) is 3. The lowest BCUT2D eigenvalue weighted by Gasteiger charge is -2.26.